The molecule has 0 radical (unpaired) electrons. The molecule has 4 rings (SSSR count). The van der Waals surface area contributed by atoms with Crippen LogP contribution in [-0.2, 0) is 14.1 Å². The molecular weight excluding hydrogens is 358 g/mol. The first-order valence-corrected chi connectivity index (χ1v) is 8.73. The molecule has 0 aliphatic rings. The molecule has 8 heteroatoms. The average molecular weight is 377 g/mol. The number of hydrogen-bond acceptors (Lipinski definition) is 4. The van der Waals surface area contributed by atoms with Crippen LogP contribution in [0.15, 0.2) is 40.1 Å². The molecule has 28 heavy (non-hydrogen) atoms. The van der Waals surface area contributed by atoms with Crippen molar-refractivity contribution in [2.45, 2.75) is 13.8 Å². The first kappa shape index (κ1) is 17.7. The van der Waals surface area contributed by atoms with Crippen molar-refractivity contribution in [1.82, 2.24) is 19.1 Å². The molecular formula is C20H19N5O3. The van der Waals surface area contributed by atoms with Crippen LogP contribution in [0.3, 0.4) is 0 Å². The monoisotopic (exact) mass is 377 g/mol. The zero-order valence-corrected chi connectivity index (χ0v) is 16.0. The van der Waals surface area contributed by atoms with Gasteiger partial charge < -0.3 is 10.3 Å². The summed E-state index contributed by atoms with van der Waals surface area (Å²) in [6, 6.07) is 7.38. The zero-order chi connectivity index (χ0) is 20.2. The number of anilines is 1. The lowest BCUT2D eigenvalue weighted by Crippen LogP contribution is -2.37. The van der Waals surface area contributed by atoms with Crippen LogP contribution in [0.1, 0.15) is 21.6 Å². The van der Waals surface area contributed by atoms with Gasteiger partial charge in [0.2, 0.25) is 0 Å². The molecule has 4 aromatic rings. The van der Waals surface area contributed by atoms with Crippen molar-refractivity contribution in [3.63, 3.8) is 0 Å². The molecule has 1 amide bonds. The summed E-state index contributed by atoms with van der Waals surface area (Å²) in [7, 11) is 2.95. The molecule has 0 unspecified atom stereocenters. The normalized spacial score (nSPS) is 11.3. The smallest absolute Gasteiger partial charge is 0.332 e. The summed E-state index contributed by atoms with van der Waals surface area (Å²) in [5.74, 6) is -0.337. The summed E-state index contributed by atoms with van der Waals surface area (Å²) in [5.41, 5.74) is 3.23. The van der Waals surface area contributed by atoms with E-state index in [9.17, 15) is 14.4 Å². The van der Waals surface area contributed by atoms with Gasteiger partial charge in [-0.1, -0.05) is 6.07 Å². The minimum Gasteiger partial charge on any atom is -0.351 e. The summed E-state index contributed by atoms with van der Waals surface area (Å²) in [6.07, 6.45) is 1.43. The molecule has 3 heterocycles. The fraction of sp³-hybridized carbons (Fsp3) is 0.200. The summed E-state index contributed by atoms with van der Waals surface area (Å²) in [6.45, 7) is 4.00. The van der Waals surface area contributed by atoms with E-state index < -0.39 is 11.2 Å². The quantitative estimate of drug-likeness (QED) is 0.558. The highest BCUT2D eigenvalue weighted by molar-refractivity contribution is 6.06. The average Bonchev–Trinajstić information content (AvgIpc) is 3.09. The Labute approximate surface area is 159 Å². The van der Waals surface area contributed by atoms with E-state index in [-0.39, 0.29) is 16.9 Å². The SMILES string of the molecule is Cc1cc(C)c2cc(C(=O)Nc3cnc4c(c3)c(=O)n(C)c(=O)n4C)[nH]c2c1. The van der Waals surface area contributed by atoms with Crippen LogP contribution in [-0.4, -0.2) is 25.0 Å². The predicted octanol–water partition coefficient (Wildman–Crippen LogP) is 1.98. The minimum atomic E-state index is -0.460. The summed E-state index contributed by atoms with van der Waals surface area (Å²) in [4.78, 5) is 44.4. The number of aryl methyl sites for hydroxylation is 3. The summed E-state index contributed by atoms with van der Waals surface area (Å²) < 4.78 is 2.31. The molecule has 0 aliphatic heterocycles. The van der Waals surface area contributed by atoms with Gasteiger partial charge in [-0.2, -0.15) is 0 Å². The Kier molecular flexibility index (Phi) is 3.92. The molecule has 0 saturated heterocycles. The van der Waals surface area contributed by atoms with E-state index in [2.05, 4.69) is 21.4 Å². The van der Waals surface area contributed by atoms with Crippen LogP contribution in [0.2, 0.25) is 0 Å². The number of pyridine rings is 1. The Bertz CT molecular complexity index is 1390. The third-order valence-corrected chi connectivity index (χ3v) is 4.88. The number of benzene rings is 1. The van der Waals surface area contributed by atoms with Crippen molar-refractivity contribution in [3.05, 3.63) is 68.1 Å². The predicted molar refractivity (Wildman–Crippen MR) is 108 cm³/mol. The Balaban J connectivity index is 1.74. The van der Waals surface area contributed by atoms with Gasteiger partial charge in [-0.25, -0.2) is 9.78 Å². The number of fused-ring (bicyclic) bond motifs is 2. The second-order valence-electron chi connectivity index (χ2n) is 6.98. The van der Waals surface area contributed by atoms with E-state index in [0.717, 1.165) is 26.6 Å². The largest absolute Gasteiger partial charge is 0.351 e. The van der Waals surface area contributed by atoms with Crippen LogP contribution in [0.4, 0.5) is 5.69 Å². The maximum atomic E-state index is 12.7. The molecule has 2 N–H and O–H groups in total. The van der Waals surface area contributed by atoms with Crippen molar-refractivity contribution in [1.29, 1.82) is 0 Å². The zero-order valence-electron chi connectivity index (χ0n) is 16.0. The van der Waals surface area contributed by atoms with Gasteiger partial charge in [0.1, 0.15) is 11.3 Å². The van der Waals surface area contributed by atoms with Gasteiger partial charge in [-0.05, 0) is 43.2 Å². The molecule has 1 aromatic carbocycles. The highest BCUT2D eigenvalue weighted by atomic mass is 16.2. The number of H-pyrrole nitrogens is 1. The molecule has 0 fully saturated rings. The van der Waals surface area contributed by atoms with Gasteiger partial charge in [-0.15, -0.1) is 0 Å². The van der Waals surface area contributed by atoms with Crippen LogP contribution >= 0.6 is 0 Å². The van der Waals surface area contributed by atoms with Gasteiger partial charge in [0.05, 0.1) is 17.3 Å². The van der Waals surface area contributed by atoms with E-state index in [4.69, 9.17) is 0 Å². The number of nitrogens with zero attached hydrogens (tertiary/aromatic N) is 3. The van der Waals surface area contributed by atoms with Crippen molar-refractivity contribution >= 4 is 33.5 Å². The fourth-order valence-corrected chi connectivity index (χ4v) is 3.45. The number of rotatable bonds is 2. The standard InChI is InChI=1S/C20H19N5O3/c1-10-5-11(2)13-8-16(23-15(13)6-10)18(26)22-12-7-14-17(21-9-12)24(3)20(28)25(4)19(14)27/h5-9,23H,1-4H3,(H,22,26). The number of carbonyl (C=O) groups excluding carboxylic acids is 1. The van der Waals surface area contributed by atoms with Crippen molar-refractivity contribution in [3.8, 4) is 0 Å². The number of aromatic amines is 1. The third kappa shape index (κ3) is 2.70. The third-order valence-electron chi connectivity index (χ3n) is 4.88. The maximum Gasteiger partial charge on any atom is 0.332 e. The number of amides is 1. The molecule has 8 nitrogen and oxygen atoms in total. The Morgan fingerprint density at radius 2 is 1.79 bits per heavy atom. The fourth-order valence-electron chi connectivity index (χ4n) is 3.45. The summed E-state index contributed by atoms with van der Waals surface area (Å²) >= 11 is 0. The molecule has 0 bridgehead atoms. The van der Waals surface area contributed by atoms with E-state index in [0.29, 0.717) is 11.4 Å². The number of aromatic nitrogens is 4. The molecule has 142 valence electrons. The van der Waals surface area contributed by atoms with Crippen LogP contribution in [0.25, 0.3) is 21.9 Å². The molecule has 0 aliphatic carbocycles. The Morgan fingerprint density at radius 3 is 2.54 bits per heavy atom. The van der Waals surface area contributed by atoms with E-state index >= 15 is 0 Å². The lowest BCUT2D eigenvalue weighted by molar-refractivity contribution is 0.102. The lowest BCUT2D eigenvalue weighted by Gasteiger charge is -2.08. The van der Waals surface area contributed by atoms with Gasteiger partial charge in [0.15, 0.2) is 0 Å². The second-order valence-corrected chi connectivity index (χ2v) is 6.98. The molecule has 3 aromatic heterocycles. The van der Waals surface area contributed by atoms with Crippen LogP contribution in [0.5, 0.6) is 0 Å². The summed E-state index contributed by atoms with van der Waals surface area (Å²) in [5, 5.41) is 4.00. The van der Waals surface area contributed by atoms with E-state index in [1.54, 1.807) is 13.1 Å². The van der Waals surface area contributed by atoms with E-state index in [1.165, 1.54) is 23.9 Å². The highest BCUT2D eigenvalue weighted by Crippen LogP contribution is 2.22. The molecule has 0 saturated carbocycles. The van der Waals surface area contributed by atoms with Gasteiger partial charge >= 0.3 is 5.69 Å². The first-order chi connectivity index (χ1) is 13.3. The first-order valence-electron chi connectivity index (χ1n) is 8.73. The molecule has 0 spiro atoms. The minimum absolute atomic E-state index is 0.255. The van der Waals surface area contributed by atoms with Gasteiger partial charge in [0, 0.05) is 25.0 Å². The van der Waals surface area contributed by atoms with Crippen LogP contribution < -0.4 is 16.6 Å². The second kappa shape index (κ2) is 6.19. The van der Waals surface area contributed by atoms with Gasteiger partial charge in [0.25, 0.3) is 11.5 Å². The van der Waals surface area contributed by atoms with Crippen molar-refractivity contribution in [2.24, 2.45) is 14.1 Å². The lowest BCUT2D eigenvalue weighted by atomic mass is 10.1. The van der Waals surface area contributed by atoms with Crippen molar-refractivity contribution < 1.29 is 4.79 Å². The van der Waals surface area contributed by atoms with Crippen molar-refractivity contribution in [2.75, 3.05) is 5.32 Å². The molecule has 0 atom stereocenters. The number of carbonyl (C=O) groups is 1. The number of nitrogens with one attached hydrogen (secondary N) is 2. The Hall–Kier alpha value is -3.68. The van der Waals surface area contributed by atoms with Gasteiger partial charge in [-0.3, -0.25) is 18.7 Å². The van der Waals surface area contributed by atoms with E-state index in [1.807, 2.05) is 19.9 Å². The topological polar surface area (TPSA) is 102 Å². The number of hydrogen-bond donors (Lipinski definition) is 2. The highest BCUT2D eigenvalue weighted by Gasteiger charge is 2.14. The van der Waals surface area contributed by atoms with Crippen LogP contribution in [0, 0.1) is 13.8 Å². The Morgan fingerprint density at radius 1 is 1.04 bits per heavy atom. The maximum absolute atomic E-state index is 12.7.